The maximum atomic E-state index is 13.0. The summed E-state index contributed by atoms with van der Waals surface area (Å²) in [7, 11) is 0. The number of hydrogen-bond donors (Lipinski definition) is 2. The van der Waals surface area contributed by atoms with Gasteiger partial charge < -0.3 is 10.6 Å². The first kappa shape index (κ1) is 17.9. The lowest BCUT2D eigenvalue weighted by Gasteiger charge is -2.11. The molecule has 0 aliphatic carbocycles. The van der Waals surface area contributed by atoms with Crippen molar-refractivity contribution in [3.05, 3.63) is 72.0 Å². The van der Waals surface area contributed by atoms with Crippen LogP contribution in [0.2, 0.25) is 0 Å². The molecule has 0 saturated heterocycles. The Morgan fingerprint density at radius 2 is 1.65 bits per heavy atom. The van der Waals surface area contributed by atoms with Crippen LogP contribution in [0, 0.1) is 5.82 Å². The molecule has 0 radical (unpaired) electrons. The SMILES string of the molecule is CCCNc1nc(NCCc2ccc(F)cc2)cc(-c2ccccc2)n1. The normalized spacial score (nSPS) is 10.5. The number of aromatic nitrogens is 2. The fourth-order valence-corrected chi connectivity index (χ4v) is 2.60. The molecule has 0 amide bonds. The Morgan fingerprint density at radius 3 is 2.38 bits per heavy atom. The zero-order chi connectivity index (χ0) is 18.2. The van der Waals surface area contributed by atoms with Crippen LogP contribution in [0.4, 0.5) is 16.2 Å². The van der Waals surface area contributed by atoms with Gasteiger partial charge in [0.2, 0.25) is 5.95 Å². The smallest absolute Gasteiger partial charge is 0.225 e. The minimum absolute atomic E-state index is 0.211. The van der Waals surface area contributed by atoms with E-state index in [4.69, 9.17) is 0 Å². The summed E-state index contributed by atoms with van der Waals surface area (Å²) in [5.74, 6) is 1.19. The van der Waals surface area contributed by atoms with Gasteiger partial charge in [-0.05, 0) is 30.5 Å². The van der Waals surface area contributed by atoms with E-state index in [9.17, 15) is 4.39 Å². The second-order valence-electron chi connectivity index (χ2n) is 6.06. The molecule has 0 aliphatic rings. The van der Waals surface area contributed by atoms with Crippen LogP contribution in [0.25, 0.3) is 11.3 Å². The molecule has 0 fully saturated rings. The molecular weight excluding hydrogens is 327 g/mol. The van der Waals surface area contributed by atoms with E-state index in [2.05, 4.69) is 27.5 Å². The third-order valence-corrected chi connectivity index (χ3v) is 3.96. The van der Waals surface area contributed by atoms with Crippen molar-refractivity contribution < 1.29 is 4.39 Å². The standard InChI is InChI=1S/C21H23FN4/c1-2-13-24-21-25-19(17-6-4-3-5-7-17)15-20(26-21)23-14-12-16-8-10-18(22)11-9-16/h3-11,15H,2,12-14H2,1H3,(H2,23,24,25,26). The summed E-state index contributed by atoms with van der Waals surface area (Å²) >= 11 is 0. The van der Waals surface area contributed by atoms with Crippen LogP contribution >= 0.6 is 0 Å². The molecule has 3 aromatic rings. The van der Waals surface area contributed by atoms with Gasteiger partial charge in [0.15, 0.2) is 0 Å². The molecule has 2 N–H and O–H groups in total. The van der Waals surface area contributed by atoms with Gasteiger partial charge in [0, 0.05) is 24.7 Å². The summed E-state index contributed by atoms with van der Waals surface area (Å²) in [6.07, 6.45) is 1.80. The number of hydrogen-bond acceptors (Lipinski definition) is 4. The average Bonchev–Trinajstić information content (AvgIpc) is 2.68. The molecule has 0 atom stereocenters. The minimum atomic E-state index is -0.211. The van der Waals surface area contributed by atoms with E-state index in [1.54, 1.807) is 12.1 Å². The number of nitrogens with one attached hydrogen (secondary N) is 2. The average molecular weight is 350 g/mol. The lowest BCUT2D eigenvalue weighted by atomic mass is 10.1. The van der Waals surface area contributed by atoms with Crippen molar-refractivity contribution in [1.29, 1.82) is 0 Å². The molecule has 3 rings (SSSR count). The molecule has 0 bridgehead atoms. The van der Waals surface area contributed by atoms with Crippen molar-refractivity contribution in [2.45, 2.75) is 19.8 Å². The summed E-state index contributed by atoms with van der Waals surface area (Å²) in [4.78, 5) is 9.16. The van der Waals surface area contributed by atoms with Gasteiger partial charge in [0.1, 0.15) is 11.6 Å². The Labute approximate surface area is 153 Å². The number of rotatable bonds is 8. The quantitative estimate of drug-likeness (QED) is 0.615. The molecule has 2 aromatic carbocycles. The molecular formula is C21H23FN4. The first-order valence-corrected chi connectivity index (χ1v) is 8.91. The summed E-state index contributed by atoms with van der Waals surface area (Å²) < 4.78 is 13.0. The van der Waals surface area contributed by atoms with Crippen molar-refractivity contribution in [3.63, 3.8) is 0 Å². The highest BCUT2D eigenvalue weighted by Crippen LogP contribution is 2.21. The first-order valence-electron chi connectivity index (χ1n) is 8.91. The summed E-state index contributed by atoms with van der Waals surface area (Å²) in [6, 6.07) is 18.6. The fraction of sp³-hybridized carbons (Fsp3) is 0.238. The van der Waals surface area contributed by atoms with Crippen molar-refractivity contribution in [3.8, 4) is 11.3 Å². The van der Waals surface area contributed by atoms with E-state index in [0.717, 1.165) is 42.0 Å². The second kappa shape index (κ2) is 8.94. The Morgan fingerprint density at radius 1 is 0.885 bits per heavy atom. The summed E-state index contributed by atoms with van der Waals surface area (Å²) in [5, 5.41) is 6.61. The number of benzene rings is 2. The van der Waals surface area contributed by atoms with E-state index in [-0.39, 0.29) is 5.82 Å². The van der Waals surface area contributed by atoms with Gasteiger partial charge in [0.25, 0.3) is 0 Å². The van der Waals surface area contributed by atoms with Crippen molar-refractivity contribution >= 4 is 11.8 Å². The van der Waals surface area contributed by atoms with Crippen LogP contribution in [0.5, 0.6) is 0 Å². The lowest BCUT2D eigenvalue weighted by Crippen LogP contribution is -2.10. The molecule has 4 nitrogen and oxygen atoms in total. The minimum Gasteiger partial charge on any atom is -0.370 e. The van der Waals surface area contributed by atoms with Gasteiger partial charge in [0.05, 0.1) is 5.69 Å². The summed E-state index contributed by atoms with van der Waals surface area (Å²) in [6.45, 7) is 3.65. The number of nitrogens with zero attached hydrogens (tertiary/aromatic N) is 2. The molecule has 0 spiro atoms. The lowest BCUT2D eigenvalue weighted by molar-refractivity contribution is 0.627. The van der Waals surface area contributed by atoms with Crippen LogP contribution in [0.15, 0.2) is 60.7 Å². The second-order valence-corrected chi connectivity index (χ2v) is 6.06. The summed E-state index contributed by atoms with van der Waals surface area (Å²) in [5.41, 5.74) is 3.01. The molecule has 1 aromatic heterocycles. The zero-order valence-electron chi connectivity index (χ0n) is 14.9. The topological polar surface area (TPSA) is 49.8 Å². The monoisotopic (exact) mass is 350 g/mol. The molecule has 1 heterocycles. The van der Waals surface area contributed by atoms with Crippen LogP contribution in [-0.2, 0) is 6.42 Å². The van der Waals surface area contributed by atoms with Crippen LogP contribution in [-0.4, -0.2) is 23.1 Å². The van der Waals surface area contributed by atoms with E-state index in [1.807, 2.05) is 36.4 Å². The maximum Gasteiger partial charge on any atom is 0.225 e. The fourth-order valence-electron chi connectivity index (χ4n) is 2.60. The number of halogens is 1. The van der Waals surface area contributed by atoms with Crippen molar-refractivity contribution in [2.75, 3.05) is 23.7 Å². The van der Waals surface area contributed by atoms with E-state index in [1.165, 1.54) is 12.1 Å². The van der Waals surface area contributed by atoms with Gasteiger partial charge in [-0.25, -0.2) is 9.37 Å². The van der Waals surface area contributed by atoms with Crippen LogP contribution in [0.3, 0.4) is 0 Å². The highest BCUT2D eigenvalue weighted by atomic mass is 19.1. The largest absolute Gasteiger partial charge is 0.370 e. The Balaban J connectivity index is 1.73. The third-order valence-electron chi connectivity index (χ3n) is 3.96. The van der Waals surface area contributed by atoms with Crippen molar-refractivity contribution in [1.82, 2.24) is 9.97 Å². The van der Waals surface area contributed by atoms with Gasteiger partial charge in [-0.3, -0.25) is 0 Å². The molecule has 0 unspecified atom stereocenters. The number of anilines is 2. The Kier molecular flexibility index (Phi) is 6.14. The van der Waals surface area contributed by atoms with Gasteiger partial charge in [-0.2, -0.15) is 4.98 Å². The third kappa shape index (κ3) is 5.02. The van der Waals surface area contributed by atoms with Crippen LogP contribution < -0.4 is 10.6 Å². The molecule has 26 heavy (non-hydrogen) atoms. The molecule has 0 aliphatic heterocycles. The Hall–Kier alpha value is -2.95. The Bertz CT molecular complexity index is 819. The molecule has 0 saturated carbocycles. The van der Waals surface area contributed by atoms with Gasteiger partial charge in [-0.1, -0.05) is 49.4 Å². The first-order chi connectivity index (χ1) is 12.7. The predicted octanol–water partition coefficient (Wildman–Crippen LogP) is 4.76. The van der Waals surface area contributed by atoms with E-state index >= 15 is 0 Å². The zero-order valence-corrected chi connectivity index (χ0v) is 14.9. The maximum absolute atomic E-state index is 13.0. The highest BCUT2D eigenvalue weighted by molar-refractivity contribution is 5.64. The molecule has 134 valence electrons. The van der Waals surface area contributed by atoms with Crippen LogP contribution in [0.1, 0.15) is 18.9 Å². The molecule has 5 heteroatoms. The predicted molar refractivity (Wildman–Crippen MR) is 105 cm³/mol. The van der Waals surface area contributed by atoms with Gasteiger partial charge >= 0.3 is 0 Å². The van der Waals surface area contributed by atoms with Crippen molar-refractivity contribution in [2.24, 2.45) is 0 Å². The van der Waals surface area contributed by atoms with E-state index in [0.29, 0.717) is 12.5 Å². The van der Waals surface area contributed by atoms with E-state index < -0.39 is 0 Å². The van der Waals surface area contributed by atoms with Gasteiger partial charge in [-0.15, -0.1) is 0 Å². The highest BCUT2D eigenvalue weighted by Gasteiger charge is 2.06.